The number of nitrogen functional groups attached to an aromatic ring is 1. The number of carbonyl (C=O) groups is 1. The smallest absolute Gasteiger partial charge is 0.294 e. The van der Waals surface area contributed by atoms with Crippen LogP contribution in [-0.4, -0.2) is 34.9 Å². The van der Waals surface area contributed by atoms with Gasteiger partial charge in [-0.3, -0.25) is 19.6 Å². The molecule has 4 aromatic rings. The van der Waals surface area contributed by atoms with Crippen LogP contribution in [0.2, 0.25) is 0 Å². The monoisotopic (exact) mass is 546 g/mol. The molecule has 0 bridgehead atoms. The summed E-state index contributed by atoms with van der Waals surface area (Å²) in [6, 6.07) is 24.5. The third-order valence-corrected chi connectivity index (χ3v) is 6.02. The SMILES string of the molecule is COc1cc(CNC(=O)Cn2c(-c3ccccc3)cnc(NCCc3ccccc3)c2=O)ccc1C(=N)N.Cl. The van der Waals surface area contributed by atoms with Crippen LogP contribution in [0.1, 0.15) is 16.7 Å². The number of nitrogens with zero attached hydrogens (tertiary/aromatic N) is 2. The maximum absolute atomic E-state index is 13.4. The fraction of sp³-hybridized carbons (Fsp3) is 0.172. The number of methoxy groups -OCH3 is 1. The molecule has 1 aromatic heterocycles. The number of nitrogens with two attached hydrogens (primary N) is 1. The molecule has 1 heterocycles. The predicted octanol–water partition coefficient (Wildman–Crippen LogP) is 3.60. The van der Waals surface area contributed by atoms with Crippen LogP contribution in [0.4, 0.5) is 5.82 Å². The number of carbonyl (C=O) groups excluding carboxylic acids is 1. The van der Waals surface area contributed by atoms with Crippen LogP contribution in [0.5, 0.6) is 5.75 Å². The van der Waals surface area contributed by atoms with Gasteiger partial charge in [-0.1, -0.05) is 66.7 Å². The highest BCUT2D eigenvalue weighted by Crippen LogP contribution is 2.20. The topological polar surface area (TPSA) is 135 Å². The van der Waals surface area contributed by atoms with E-state index >= 15 is 0 Å². The number of amides is 1. The van der Waals surface area contributed by atoms with Gasteiger partial charge in [0.2, 0.25) is 5.91 Å². The zero-order chi connectivity index (χ0) is 26.9. The molecule has 10 heteroatoms. The number of nitrogens with one attached hydrogen (secondary N) is 3. The first-order chi connectivity index (χ1) is 18.5. The Hall–Kier alpha value is -4.63. The van der Waals surface area contributed by atoms with Crippen molar-refractivity contribution in [1.82, 2.24) is 14.9 Å². The molecule has 0 aliphatic rings. The van der Waals surface area contributed by atoms with Crippen LogP contribution in [0.25, 0.3) is 11.3 Å². The highest BCUT2D eigenvalue weighted by molar-refractivity contribution is 5.97. The maximum Gasteiger partial charge on any atom is 0.294 e. The van der Waals surface area contributed by atoms with Crippen molar-refractivity contribution in [2.24, 2.45) is 5.73 Å². The summed E-state index contributed by atoms with van der Waals surface area (Å²) in [4.78, 5) is 30.7. The number of amidine groups is 1. The Balaban J connectivity index is 0.00000420. The van der Waals surface area contributed by atoms with Crippen LogP contribution in [-0.2, 0) is 24.3 Å². The first kappa shape index (κ1) is 28.9. The van der Waals surface area contributed by atoms with Gasteiger partial charge >= 0.3 is 0 Å². The molecule has 3 aromatic carbocycles. The average Bonchev–Trinajstić information content (AvgIpc) is 2.94. The number of hydrogen-bond acceptors (Lipinski definition) is 6. The van der Waals surface area contributed by atoms with E-state index < -0.39 is 0 Å². The zero-order valence-electron chi connectivity index (χ0n) is 21.5. The third kappa shape index (κ3) is 7.45. The normalized spacial score (nSPS) is 10.3. The summed E-state index contributed by atoms with van der Waals surface area (Å²) in [6.45, 7) is 0.568. The van der Waals surface area contributed by atoms with Crippen molar-refractivity contribution in [2.45, 2.75) is 19.5 Å². The van der Waals surface area contributed by atoms with Gasteiger partial charge in [-0.25, -0.2) is 4.98 Å². The lowest BCUT2D eigenvalue weighted by Crippen LogP contribution is -2.34. The molecule has 1 amide bonds. The summed E-state index contributed by atoms with van der Waals surface area (Å²) in [5.41, 5.74) is 8.94. The van der Waals surface area contributed by atoms with Gasteiger partial charge in [0.25, 0.3) is 5.56 Å². The van der Waals surface area contributed by atoms with Gasteiger partial charge < -0.3 is 21.1 Å². The van der Waals surface area contributed by atoms with Crippen molar-refractivity contribution in [3.05, 3.63) is 112 Å². The third-order valence-electron chi connectivity index (χ3n) is 6.02. The van der Waals surface area contributed by atoms with E-state index in [0.29, 0.717) is 23.6 Å². The van der Waals surface area contributed by atoms with Crippen molar-refractivity contribution < 1.29 is 9.53 Å². The lowest BCUT2D eigenvalue weighted by molar-refractivity contribution is -0.121. The minimum atomic E-state index is -0.373. The predicted molar refractivity (Wildman–Crippen MR) is 156 cm³/mol. The van der Waals surface area contributed by atoms with Crippen molar-refractivity contribution in [3.63, 3.8) is 0 Å². The standard InChI is InChI=1S/C29H30N6O3.ClH/c1-38-25-16-21(12-13-23(25)27(30)31)17-33-26(36)19-35-24(22-10-6-3-7-11-22)18-34-28(29(35)37)32-15-14-20-8-4-2-5-9-20;/h2-13,16,18H,14-15,17,19H2,1H3,(H3,30,31)(H,32,34)(H,33,36);1H. The highest BCUT2D eigenvalue weighted by Gasteiger charge is 2.15. The minimum Gasteiger partial charge on any atom is -0.496 e. The number of halogens is 1. The van der Waals surface area contributed by atoms with Crippen molar-refractivity contribution in [2.75, 3.05) is 19.0 Å². The number of aromatic nitrogens is 2. The van der Waals surface area contributed by atoms with Gasteiger partial charge in [0.15, 0.2) is 5.82 Å². The molecule has 9 nitrogen and oxygen atoms in total. The first-order valence-corrected chi connectivity index (χ1v) is 12.2. The first-order valence-electron chi connectivity index (χ1n) is 12.2. The molecule has 39 heavy (non-hydrogen) atoms. The lowest BCUT2D eigenvalue weighted by atomic mass is 10.1. The molecule has 0 saturated carbocycles. The van der Waals surface area contributed by atoms with E-state index in [4.69, 9.17) is 15.9 Å². The second-order valence-corrected chi connectivity index (χ2v) is 8.64. The lowest BCUT2D eigenvalue weighted by Gasteiger charge is -2.15. The van der Waals surface area contributed by atoms with E-state index in [0.717, 1.165) is 23.1 Å². The van der Waals surface area contributed by atoms with Gasteiger partial charge in [0.05, 0.1) is 24.6 Å². The molecular formula is C29H31ClN6O3. The van der Waals surface area contributed by atoms with Gasteiger partial charge in [-0.2, -0.15) is 0 Å². The Kier molecular flexibility index (Phi) is 10.2. The van der Waals surface area contributed by atoms with Gasteiger partial charge in [-0.05, 0) is 35.2 Å². The largest absolute Gasteiger partial charge is 0.496 e. The molecule has 0 spiro atoms. The van der Waals surface area contributed by atoms with Gasteiger partial charge in [0.1, 0.15) is 18.1 Å². The van der Waals surface area contributed by atoms with Crippen LogP contribution in [0.15, 0.2) is 89.9 Å². The van der Waals surface area contributed by atoms with E-state index in [1.54, 1.807) is 24.4 Å². The molecule has 5 N–H and O–H groups in total. The summed E-state index contributed by atoms with van der Waals surface area (Å²) < 4.78 is 6.74. The summed E-state index contributed by atoms with van der Waals surface area (Å²) in [6.07, 6.45) is 2.34. The van der Waals surface area contributed by atoms with Gasteiger partial charge in [0, 0.05) is 13.1 Å². The molecular weight excluding hydrogens is 516 g/mol. The Morgan fingerprint density at radius 2 is 1.72 bits per heavy atom. The molecule has 0 saturated heterocycles. The van der Waals surface area contributed by atoms with Crippen molar-refractivity contribution in [1.29, 1.82) is 5.41 Å². The van der Waals surface area contributed by atoms with E-state index in [2.05, 4.69) is 15.6 Å². The van der Waals surface area contributed by atoms with Crippen LogP contribution < -0.4 is 26.7 Å². The Labute approximate surface area is 233 Å². The summed E-state index contributed by atoms with van der Waals surface area (Å²) in [7, 11) is 1.50. The highest BCUT2D eigenvalue weighted by atomic mass is 35.5. The second-order valence-electron chi connectivity index (χ2n) is 8.64. The molecule has 202 valence electrons. The molecule has 0 radical (unpaired) electrons. The van der Waals surface area contributed by atoms with Crippen LogP contribution in [0, 0.1) is 5.41 Å². The Morgan fingerprint density at radius 3 is 2.38 bits per heavy atom. The van der Waals surface area contributed by atoms with Crippen LogP contribution >= 0.6 is 12.4 Å². The number of ether oxygens (including phenoxy) is 1. The van der Waals surface area contributed by atoms with E-state index in [1.807, 2.05) is 60.7 Å². The Morgan fingerprint density at radius 1 is 1.03 bits per heavy atom. The molecule has 0 fully saturated rings. The molecule has 0 unspecified atom stereocenters. The zero-order valence-corrected chi connectivity index (χ0v) is 22.3. The fourth-order valence-electron chi connectivity index (χ4n) is 4.04. The maximum atomic E-state index is 13.4. The molecule has 4 rings (SSSR count). The quantitative estimate of drug-likeness (QED) is 0.168. The van der Waals surface area contributed by atoms with E-state index in [-0.39, 0.29) is 48.6 Å². The molecule has 0 aliphatic heterocycles. The number of anilines is 1. The summed E-state index contributed by atoms with van der Waals surface area (Å²) in [5.74, 6) is 0.210. The second kappa shape index (κ2) is 13.8. The molecule has 0 aliphatic carbocycles. The molecule has 0 atom stereocenters. The number of rotatable bonds is 11. The van der Waals surface area contributed by atoms with Crippen LogP contribution in [0.3, 0.4) is 0 Å². The number of hydrogen-bond donors (Lipinski definition) is 4. The van der Waals surface area contributed by atoms with Crippen molar-refractivity contribution in [3.8, 4) is 17.0 Å². The summed E-state index contributed by atoms with van der Waals surface area (Å²) >= 11 is 0. The van der Waals surface area contributed by atoms with E-state index in [1.165, 1.54) is 11.7 Å². The van der Waals surface area contributed by atoms with E-state index in [9.17, 15) is 9.59 Å². The van der Waals surface area contributed by atoms with Crippen molar-refractivity contribution >= 4 is 30.0 Å². The van der Waals surface area contributed by atoms with Gasteiger partial charge in [-0.15, -0.1) is 12.4 Å². The average molecular weight is 547 g/mol. The minimum absolute atomic E-state index is 0. The summed E-state index contributed by atoms with van der Waals surface area (Å²) in [5, 5.41) is 13.6. The Bertz CT molecular complexity index is 1480. The number of benzene rings is 3. The fourth-order valence-corrected chi connectivity index (χ4v) is 4.04.